The zero-order valence-corrected chi connectivity index (χ0v) is 14.4. The smallest absolute Gasteiger partial charge is 0.127 e. The Kier molecular flexibility index (Phi) is 4.32. The molecule has 0 saturated heterocycles. The Bertz CT molecular complexity index is 842. The summed E-state index contributed by atoms with van der Waals surface area (Å²) in [6.07, 6.45) is 5.80. The summed E-state index contributed by atoms with van der Waals surface area (Å²) in [6, 6.07) is 14.6. The molecular formula is C20H19ClFN3. The fraction of sp³-hybridized carbons (Fsp3) is 0.250. The minimum Gasteiger partial charge on any atom is -0.347 e. The van der Waals surface area contributed by atoms with Crippen molar-refractivity contribution < 1.29 is 4.39 Å². The largest absolute Gasteiger partial charge is 0.347 e. The highest BCUT2D eigenvalue weighted by molar-refractivity contribution is 6.30. The van der Waals surface area contributed by atoms with Crippen molar-refractivity contribution in [3.63, 3.8) is 0 Å². The van der Waals surface area contributed by atoms with Crippen LogP contribution in [-0.2, 0) is 5.41 Å². The molecule has 3 aromatic rings. The number of benzene rings is 2. The molecule has 2 N–H and O–H groups in total. The number of nitrogens with one attached hydrogen (secondary N) is 2. The topological polar surface area (TPSA) is 40.7 Å². The number of aromatic nitrogens is 2. The molecule has 1 heterocycles. The Hall–Kier alpha value is -2.17. The third-order valence-electron chi connectivity index (χ3n) is 4.93. The van der Waals surface area contributed by atoms with E-state index >= 15 is 0 Å². The van der Waals surface area contributed by atoms with Crippen LogP contribution in [0.5, 0.6) is 0 Å². The second-order valence-corrected chi connectivity index (χ2v) is 7.07. The highest BCUT2D eigenvalue weighted by Gasteiger charge is 2.44. The van der Waals surface area contributed by atoms with Gasteiger partial charge in [-0.3, -0.25) is 0 Å². The zero-order chi connectivity index (χ0) is 17.3. The summed E-state index contributed by atoms with van der Waals surface area (Å²) in [7, 11) is 0. The van der Waals surface area contributed by atoms with Gasteiger partial charge >= 0.3 is 0 Å². The molecule has 128 valence electrons. The number of nitrogens with zero attached hydrogens (tertiary/aromatic N) is 1. The predicted molar refractivity (Wildman–Crippen MR) is 97.2 cm³/mol. The lowest BCUT2D eigenvalue weighted by Gasteiger charge is -2.22. The SMILES string of the molecule is Fc1ccc(C(NCC2(c3cccc(Cl)c3)CC2)c2ncc[nH]2)cc1. The van der Waals surface area contributed by atoms with Crippen LogP contribution in [-0.4, -0.2) is 16.5 Å². The first kappa shape index (κ1) is 16.3. The first-order valence-corrected chi connectivity index (χ1v) is 8.78. The molecule has 4 rings (SSSR count). The zero-order valence-electron chi connectivity index (χ0n) is 13.7. The summed E-state index contributed by atoms with van der Waals surface area (Å²) in [5.74, 6) is 0.591. The number of rotatable bonds is 6. The Balaban J connectivity index is 1.56. The molecule has 1 aliphatic carbocycles. The van der Waals surface area contributed by atoms with Crippen LogP contribution in [0.15, 0.2) is 60.9 Å². The Morgan fingerprint density at radius 1 is 1.20 bits per heavy atom. The quantitative estimate of drug-likeness (QED) is 0.677. The fourth-order valence-electron chi connectivity index (χ4n) is 3.30. The molecule has 1 aliphatic rings. The van der Waals surface area contributed by atoms with E-state index in [9.17, 15) is 4.39 Å². The van der Waals surface area contributed by atoms with Gasteiger partial charge in [-0.25, -0.2) is 9.37 Å². The van der Waals surface area contributed by atoms with Crippen molar-refractivity contribution in [3.05, 3.63) is 88.7 Å². The standard InChI is InChI=1S/C20H19ClFN3/c21-16-3-1-2-15(12-16)20(8-9-20)13-25-18(19-23-10-11-24-19)14-4-6-17(22)7-5-14/h1-7,10-12,18,25H,8-9,13H2,(H,23,24). The summed E-state index contributed by atoms with van der Waals surface area (Å²) in [6.45, 7) is 0.816. The maximum atomic E-state index is 13.3. The Morgan fingerprint density at radius 2 is 2.00 bits per heavy atom. The fourth-order valence-corrected chi connectivity index (χ4v) is 3.49. The van der Waals surface area contributed by atoms with Crippen LogP contribution in [0.1, 0.15) is 35.8 Å². The number of H-pyrrole nitrogens is 1. The van der Waals surface area contributed by atoms with Crippen molar-refractivity contribution in [1.29, 1.82) is 0 Å². The van der Waals surface area contributed by atoms with Crippen LogP contribution in [0.4, 0.5) is 4.39 Å². The van der Waals surface area contributed by atoms with Crippen molar-refractivity contribution in [2.45, 2.75) is 24.3 Å². The van der Waals surface area contributed by atoms with E-state index in [1.54, 1.807) is 24.5 Å². The molecule has 5 heteroatoms. The summed E-state index contributed by atoms with van der Waals surface area (Å²) >= 11 is 6.16. The lowest BCUT2D eigenvalue weighted by molar-refractivity contribution is 0.515. The normalized spacial score (nSPS) is 16.6. The van der Waals surface area contributed by atoms with E-state index < -0.39 is 0 Å². The van der Waals surface area contributed by atoms with Crippen LogP contribution in [0.2, 0.25) is 5.02 Å². The van der Waals surface area contributed by atoms with Gasteiger partial charge in [-0.2, -0.15) is 0 Å². The predicted octanol–water partition coefficient (Wildman–Crippen LogP) is 4.61. The average Bonchev–Trinajstić information content (AvgIpc) is 3.22. The molecule has 1 fully saturated rings. The van der Waals surface area contributed by atoms with E-state index in [4.69, 9.17) is 11.6 Å². The van der Waals surface area contributed by atoms with Gasteiger partial charge < -0.3 is 10.3 Å². The molecule has 1 aromatic heterocycles. The summed E-state index contributed by atoms with van der Waals surface area (Å²) in [5, 5.41) is 4.39. The van der Waals surface area contributed by atoms with Crippen molar-refractivity contribution in [3.8, 4) is 0 Å². The van der Waals surface area contributed by atoms with Crippen LogP contribution in [0.25, 0.3) is 0 Å². The van der Waals surface area contributed by atoms with E-state index in [-0.39, 0.29) is 17.3 Å². The van der Waals surface area contributed by atoms with E-state index in [1.807, 2.05) is 12.1 Å². The highest BCUT2D eigenvalue weighted by Crippen LogP contribution is 2.48. The van der Waals surface area contributed by atoms with Crippen molar-refractivity contribution in [1.82, 2.24) is 15.3 Å². The molecule has 0 aliphatic heterocycles. The van der Waals surface area contributed by atoms with Gasteiger partial charge in [0.1, 0.15) is 11.6 Å². The maximum absolute atomic E-state index is 13.3. The first-order chi connectivity index (χ1) is 12.2. The van der Waals surface area contributed by atoms with Crippen molar-refractivity contribution in [2.75, 3.05) is 6.54 Å². The van der Waals surface area contributed by atoms with Gasteiger partial charge in [-0.05, 0) is 48.2 Å². The number of hydrogen-bond acceptors (Lipinski definition) is 2. The van der Waals surface area contributed by atoms with Gasteiger partial charge in [0.15, 0.2) is 0 Å². The van der Waals surface area contributed by atoms with Gasteiger partial charge in [-0.15, -0.1) is 0 Å². The molecule has 3 nitrogen and oxygen atoms in total. The van der Waals surface area contributed by atoms with Gasteiger partial charge in [0.2, 0.25) is 0 Å². The third-order valence-corrected chi connectivity index (χ3v) is 5.17. The number of aromatic amines is 1. The summed E-state index contributed by atoms with van der Waals surface area (Å²) in [4.78, 5) is 7.56. The minimum absolute atomic E-state index is 0.104. The van der Waals surface area contributed by atoms with E-state index in [2.05, 4.69) is 27.4 Å². The van der Waals surface area contributed by atoms with Crippen molar-refractivity contribution >= 4 is 11.6 Å². The second kappa shape index (κ2) is 6.62. The van der Waals surface area contributed by atoms with E-state index in [0.717, 1.165) is 35.8 Å². The van der Waals surface area contributed by atoms with E-state index in [0.29, 0.717) is 0 Å². The highest BCUT2D eigenvalue weighted by atomic mass is 35.5. The van der Waals surface area contributed by atoms with Crippen LogP contribution in [0.3, 0.4) is 0 Å². The maximum Gasteiger partial charge on any atom is 0.127 e. The molecule has 0 amide bonds. The molecule has 0 radical (unpaired) electrons. The molecule has 0 bridgehead atoms. The molecule has 25 heavy (non-hydrogen) atoms. The molecule has 2 aromatic carbocycles. The summed E-state index contributed by atoms with van der Waals surface area (Å²) in [5.41, 5.74) is 2.37. The first-order valence-electron chi connectivity index (χ1n) is 8.40. The number of imidazole rings is 1. The lowest BCUT2D eigenvalue weighted by Crippen LogP contribution is -2.31. The molecule has 1 atom stereocenters. The van der Waals surface area contributed by atoms with Gasteiger partial charge in [0.25, 0.3) is 0 Å². The van der Waals surface area contributed by atoms with Gasteiger partial charge in [-0.1, -0.05) is 35.9 Å². The molecular weight excluding hydrogens is 337 g/mol. The van der Waals surface area contributed by atoms with Crippen LogP contribution in [0, 0.1) is 5.82 Å². The third kappa shape index (κ3) is 3.46. The number of hydrogen-bond donors (Lipinski definition) is 2. The molecule has 1 saturated carbocycles. The van der Waals surface area contributed by atoms with Crippen molar-refractivity contribution in [2.24, 2.45) is 0 Å². The number of halogens is 2. The molecule has 0 spiro atoms. The van der Waals surface area contributed by atoms with Gasteiger partial charge in [0, 0.05) is 29.4 Å². The summed E-state index contributed by atoms with van der Waals surface area (Å²) < 4.78 is 13.3. The Labute approximate surface area is 151 Å². The Morgan fingerprint density at radius 3 is 2.64 bits per heavy atom. The lowest BCUT2D eigenvalue weighted by atomic mass is 9.95. The monoisotopic (exact) mass is 355 g/mol. The van der Waals surface area contributed by atoms with Crippen LogP contribution < -0.4 is 5.32 Å². The van der Waals surface area contributed by atoms with E-state index in [1.165, 1.54) is 17.7 Å². The second-order valence-electron chi connectivity index (χ2n) is 6.63. The minimum atomic E-state index is -0.237. The van der Waals surface area contributed by atoms with Crippen LogP contribution >= 0.6 is 11.6 Å². The molecule has 1 unspecified atom stereocenters. The van der Waals surface area contributed by atoms with Gasteiger partial charge in [0.05, 0.1) is 6.04 Å². The average molecular weight is 356 g/mol.